The molecule has 1 aromatic rings. The van der Waals surface area contributed by atoms with Crippen molar-refractivity contribution >= 4 is 6.01 Å². The minimum absolute atomic E-state index is 0.570. The van der Waals surface area contributed by atoms with Crippen LogP contribution in [-0.4, -0.2) is 23.3 Å². The molecule has 1 atom stereocenters. The molecule has 1 unspecified atom stereocenters. The van der Waals surface area contributed by atoms with E-state index >= 15 is 0 Å². The van der Waals surface area contributed by atoms with E-state index < -0.39 is 0 Å². The van der Waals surface area contributed by atoms with Crippen LogP contribution in [0.25, 0.3) is 0 Å². The van der Waals surface area contributed by atoms with E-state index in [2.05, 4.69) is 22.0 Å². The molecule has 1 aromatic heterocycles. The van der Waals surface area contributed by atoms with Crippen molar-refractivity contribution < 1.29 is 4.42 Å². The summed E-state index contributed by atoms with van der Waals surface area (Å²) in [6, 6.07) is 0.714. The predicted molar refractivity (Wildman–Crippen MR) is 56.7 cm³/mol. The molecule has 2 aliphatic rings. The van der Waals surface area contributed by atoms with Gasteiger partial charge in [0.15, 0.2) is 0 Å². The Labute approximate surface area is 89.7 Å². The van der Waals surface area contributed by atoms with Gasteiger partial charge in [0.1, 0.15) is 0 Å². The van der Waals surface area contributed by atoms with Gasteiger partial charge in [-0.2, -0.15) is 0 Å². The molecule has 0 amide bonds. The molecule has 1 aliphatic carbocycles. The second-order valence-electron chi connectivity index (χ2n) is 5.08. The van der Waals surface area contributed by atoms with Gasteiger partial charge in [-0.1, -0.05) is 12.0 Å². The monoisotopic (exact) mass is 207 g/mol. The molecule has 2 heterocycles. The fourth-order valence-electron chi connectivity index (χ4n) is 2.66. The summed E-state index contributed by atoms with van der Waals surface area (Å²) in [7, 11) is 0. The average Bonchev–Trinajstić information content (AvgIpc) is 2.86. The number of hydrogen-bond acceptors (Lipinski definition) is 4. The molecule has 0 radical (unpaired) electrons. The minimum atomic E-state index is 0.570. The smallest absolute Gasteiger partial charge is 0.318 e. The van der Waals surface area contributed by atoms with Crippen LogP contribution >= 0.6 is 0 Å². The van der Waals surface area contributed by atoms with Gasteiger partial charge in [-0.15, -0.1) is 5.10 Å². The molecule has 2 fully saturated rings. The SMILES string of the molecule is Cc1nnc(N2CCC(C)C3(CC3)C2)o1. The highest BCUT2D eigenvalue weighted by Gasteiger charge is 2.50. The lowest BCUT2D eigenvalue weighted by atomic mass is 9.84. The Hall–Kier alpha value is -1.06. The molecule has 1 aliphatic heterocycles. The minimum Gasteiger partial charge on any atom is -0.408 e. The Bertz CT molecular complexity index is 370. The van der Waals surface area contributed by atoms with Crippen LogP contribution in [0.4, 0.5) is 6.01 Å². The molecule has 1 saturated heterocycles. The lowest BCUT2D eigenvalue weighted by Crippen LogP contribution is -2.41. The van der Waals surface area contributed by atoms with Gasteiger partial charge in [0.05, 0.1) is 0 Å². The quantitative estimate of drug-likeness (QED) is 0.706. The molecular formula is C11H17N3O. The fraction of sp³-hybridized carbons (Fsp3) is 0.818. The number of rotatable bonds is 1. The van der Waals surface area contributed by atoms with Gasteiger partial charge in [0.25, 0.3) is 0 Å². The van der Waals surface area contributed by atoms with Crippen LogP contribution in [-0.2, 0) is 0 Å². The molecule has 0 N–H and O–H groups in total. The zero-order valence-corrected chi connectivity index (χ0v) is 9.36. The molecule has 4 heteroatoms. The third-order valence-electron chi connectivity index (χ3n) is 4.06. The maximum Gasteiger partial charge on any atom is 0.318 e. The van der Waals surface area contributed by atoms with Crippen molar-refractivity contribution in [1.82, 2.24) is 10.2 Å². The number of aryl methyl sites for hydroxylation is 1. The Morgan fingerprint density at radius 2 is 2.20 bits per heavy atom. The van der Waals surface area contributed by atoms with Gasteiger partial charge >= 0.3 is 6.01 Å². The van der Waals surface area contributed by atoms with Crippen molar-refractivity contribution in [3.8, 4) is 0 Å². The predicted octanol–water partition coefficient (Wildman–Crippen LogP) is 2.00. The van der Waals surface area contributed by atoms with E-state index in [1.807, 2.05) is 6.92 Å². The average molecular weight is 207 g/mol. The second kappa shape index (κ2) is 2.97. The van der Waals surface area contributed by atoms with Crippen molar-refractivity contribution in [3.63, 3.8) is 0 Å². The van der Waals surface area contributed by atoms with Crippen molar-refractivity contribution in [2.75, 3.05) is 18.0 Å². The summed E-state index contributed by atoms with van der Waals surface area (Å²) >= 11 is 0. The van der Waals surface area contributed by atoms with E-state index in [9.17, 15) is 0 Å². The lowest BCUT2D eigenvalue weighted by Gasteiger charge is -2.36. The summed E-state index contributed by atoms with van der Waals surface area (Å²) in [5.41, 5.74) is 0.570. The summed E-state index contributed by atoms with van der Waals surface area (Å²) in [4.78, 5) is 2.26. The number of nitrogens with zero attached hydrogens (tertiary/aromatic N) is 3. The summed E-state index contributed by atoms with van der Waals surface area (Å²) in [5, 5.41) is 7.99. The molecule has 3 rings (SSSR count). The van der Waals surface area contributed by atoms with Crippen LogP contribution in [0.2, 0.25) is 0 Å². The van der Waals surface area contributed by atoms with Gasteiger partial charge in [0, 0.05) is 20.0 Å². The standard InChI is InChI=1S/C11H17N3O/c1-8-3-6-14(7-11(8)4-5-11)10-13-12-9(2)15-10/h8H,3-7H2,1-2H3. The highest BCUT2D eigenvalue weighted by Crippen LogP contribution is 2.55. The summed E-state index contributed by atoms with van der Waals surface area (Å²) in [5.74, 6) is 1.52. The maximum absolute atomic E-state index is 5.48. The first kappa shape index (κ1) is 9.19. The van der Waals surface area contributed by atoms with Gasteiger partial charge in [0.2, 0.25) is 5.89 Å². The van der Waals surface area contributed by atoms with E-state index in [4.69, 9.17) is 4.42 Å². The first-order valence-corrected chi connectivity index (χ1v) is 5.75. The molecule has 15 heavy (non-hydrogen) atoms. The van der Waals surface area contributed by atoms with Gasteiger partial charge in [-0.3, -0.25) is 0 Å². The van der Waals surface area contributed by atoms with E-state index in [-0.39, 0.29) is 0 Å². The zero-order valence-electron chi connectivity index (χ0n) is 9.36. The molecule has 1 spiro atoms. The van der Waals surface area contributed by atoms with E-state index in [1.54, 1.807) is 0 Å². The largest absolute Gasteiger partial charge is 0.408 e. The summed E-state index contributed by atoms with van der Waals surface area (Å²) in [6.07, 6.45) is 4.00. The van der Waals surface area contributed by atoms with E-state index in [1.165, 1.54) is 19.3 Å². The van der Waals surface area contributed by atoms with Gasteiger partial charge in [-0.05, 0) is 30.6 Å². The van der Waals surface area contributed by atoms with Crippen LogP contribution < -0.4 is 4.90 Å². The van der Waals surface area contributed by atoms with E-state index in [0.29, 0.717) is 17.3 Å². The van der Waals surface area contributed by atoms with Crippen molar-refractivity contribution in [3.05, 3.63) is 5.89 Å². The molecule has 4 nitrogen and oxygen atoms in total. The van der Waals surface area contributed by atoms with E-state index in [0.717, 1.165) is 19.0 Å². The second-order valence-corrected chi connectivity index (χ2v) is 5.08. The Kier molecular flexibility index (Phi) is 1.82. The van der Waals surface area contributed by atoms with Crippen LogP contribution in [0.15, 0.2) is 4.42 Å². The molecular weight excluding hydrogens is 190 g/mol. The number of anilines is 1. The summed E-state index contributed by atoms with van der Waals surface area (Å²) in [6.45, 7) is 6.39. The number of aromatic nitrogens is 2. The maximum atomic E-state index is 5.48. The normalized spacial score (nSPS) is 28.4. The topological polar surface area (TPSA) is 42.2 Å². The molecule has 1 saturated carbocycles. The van der Waals surface area contributed by atoms with Gasteiger partial charge < -0.3 is 9.32 Å². The van der Waals surface area contributed by atoms with Crippen LogP contribution in [0.3, 0.4) is 0 Å². The molecule has 82 valence electrons. The molecule has 0 bridgehead atoms. The first-order valence-electron chi connectivity index (χ1n) is 5.75. The Morgan fingerprint density at radius 3 is 2.80 bits per heavy atom. The summed E-state index contributed by atoms with van der Waals surface area (Å²) < 4.78 is 5.48. The number of hydrogen-bond donors (Lipinski definition) is 0. The zero-order chi connectivity index (χ0) is 10.5. The lowest BCUT2D eigenvalue weighted by molar-refractivity contribution is 0.268. The highest BCUT2D eigenvalue weighted by atomic mass is 16.4. The third-order valence-corrected chi connectivity index (χ3v) is 4.06. The van der Waals surface area contributed by atoms with Crippen molar-refractivity contribution in [1.29, 1.82) is 0 Å². The van der Waals surface area contributed by atoms with Crippen molar-refractivity contribution in [2.24, 2.45) is 11.3 Å². The van der Waals surface area contributed by atoms with Crippen LogP contribution in [0.1, 0.15) is 32.1 Å². The van der Waals surface area contributed by atoms with Gasteiger partial charge in [-0.25, -0.2) is 0 Å². The van der Waals surface area contributed by atoms with Crippen LogP contribution in [0.5, 0.6) is 0 Å². The first-order chi connectivity index (χ1) is 7.20. The Morgan fingerprint density at radius 1 is 1.40 bits per heavy atom. The van der Waals surface area contributed by atoms with Crippen molar-refractivity contribution in [2.45, 2.75) is 33.1 Å². The fourth-order valence-corrected chi connectivity index (χ4v) is 2.66. The number of piperidine rings is 1. The van der Waals surface area contributed by atoms with Crippen LogP contribution in [0, 0.1) is 18.3 Å². The molecule has 0 aromatic carbocycles. The Balaban J connectivity index is 1.79. The highest BCUT2D eigenvalue weighted by molar-refractivity contribution is 5.28. The third kappa shape index (κ3) is 1.43.